The number of nitrogens with two attached hydrogens (primary N) is 1. The largest absolute Gasteiger partial charge is 0.453 e. The third-order valence-electron chi connectivity index (χ3n) is 3.57. The Hall–Kier alpha value is -1.40. The lowest BCUT2D eigenvalue weighted by atomic mass is 10.3. The summed E-state index contributed by atoms with van der Waals surface area (Å²) in [6.07, 6.45) is 1.64. The van der Waals surface area contributed by atoms with E-state index >= 15 is 0 Å². The Morgan fingerprint density at radius 3 is 2.65 bits per heavy atom. The first-order chi connectivity index (χ1) is 10.9. The standard InChI is InChI=1S/C12H18N6O3S2/c1-16-9-14-15-12(16)22-11-3-2-10(21-11)8-17-4-6-18(7-5-17)23(13,19)20/h2-3,9H,4-8H2,1H3,(H2,13,19,20). The fourth-order valence-electron chi connectivity index (χ4n) is 2.32. The van der Waals surface area contributed by atoms with Crippen molar-refractivity contribution >= 4 is 22.0 Å². The van der Waals surface area contributed by atoms with E-state index in [1.54, 1.807) is 6.33 Å². The van der Waals surface area contributed by atoms with E-state index in [0.717, 1.165) is 16.0 Å². The monoisotopic (exact) mass is 358 g/mol. The molecule has 0 amide bonds. The quantitative estimate of drug-likeness (QED) is 0.793. The molecule has 11 heteroatoms. The summed E-state index contributed by atoms with van der Waals surface area (Å²) in [5.74, 6) is 0.832. The van der Waals surface area contributed by atoms with Gasteiger partial charge in [0.05, 0.1) is 6.54 Å². The first-order valence-electron chi connectivity index (χ1n) is 7.02. The smallest absolute Gasteiger partial charge is 0.276 e. The molecule has 23 heavy (non-hydrogen) atoms. The third-order valence-corrected chi connectivity index (χ3v) is 5.63. The molecule has 1 aliphatic heterocycles. The molecule has 3 rings (SSSR count). The van der Waals surface area contributed by atoms with Crippen molar-refractivity contribution < 1.29 is 12.8 Å². The fourth-order valence-corrected chi connectivity index (χ4v) is 3.73. The Kier molecular flexibility index (Phi) is 4.73. The van der Waals surface area contributed by atoms with Crippen molar-refractivity contribution in [1.82, 2.24) is 24.0 Å². The number of nitrogens with zero attached hydrogens (tertiary/aromatic N) is 5. The van der Waals surface area contributed by atoms with Crippen molar-refractivity contribution in [2.75, 3.05) is 26.2 Å². The van der Waals surface area contributed by atoms with Crippen LogP contribution in [0, 0.1) is 0 Å². The van der Waals surface area contributed by atoms with Crippen molar-refractivity contribution in [1.29, 1.82) is 0 Å². The molecule has 2 aromatic rings. The minimum atomic E-state index is -3.59. The highest BCUT2D eigenvalue weighted by molar-refractivity contribution is 7.99. The van der Waals surface area contributed by atoms with E-state index in [0.29, 0.717) is 32.7 Å². The second-order valence-corrected chi connectivity index (χ2v) is 7.79. The molecule has 0 radical (unpaired) electrons. The first kappa shape index (κ1) is 16.5. The molecule has 0 bridgehead atoms. The zero-order valence-electron chi connectivity index (χ0n) is 12.6. The van der Waals surface area contributed by atoms with Crippen LogP contribution < -0.4 is 5.14 Å². The summed E-state index contributed by atoms with van der Waals surface area (Å²) in [6, 6.07) is 3.82. The van der Waals surface area contributed by atoms with E-state index in [9.17, 15) is 8.42 Å². The highest BCUT2D eigenvalue weighted by atomic mass is 32.2. The van der Waals surface area contributed by atoms with Crippen LogP contribution in [0.1, 0.15) is 5.76 Å². The van der Waals surface area contributed by atoms with Gasteiger partial charge in [-0.15, -0.1) is 10.2 Å². The maximum absolute atomic E-state index is 11.3. The number of aryl methyl sites for hydroxylation is 1. The Morgan fingerprint density at radius 1 is 1.30 bits per heavy atom. The van der Waals surface area contributed by atoms with E-state index in [-0.39, 0.29) is 0 Å². The molecule has 0 aliphatic carbocycles. The summed E-state index contributed by atoms with van der Waals surface area (Å²) in [4.78, 5) is 2.14. The van der Waals surface area contributed by atoms with Gasteiger partial charge in [0.2, 0.25) is 0 Å². The van der Waals surface area contributed by atoms with E-state index in [1.807, 2.05) is 23.7 Å². The second kappa shape index (κ2) is 6.61. The van der Waals surface area contributed by atoms with Crippen molar-refractivity contribution in [3.63, 3.8) is 0 Å². The van der Waals surface area contributed by atoms with Gasteiger partial charge in [0.1, 0.15) is 12.1 Å². The van der Waals surface area contributed by atoms with Crippen LogP contribution in [-0.4, -0.2) is 58.6 Å². The van der Waals surface area contributed by atoms with Gasteiger partial charge < -0.3 is 8.98 Å². The van der Waals surface area contributed by atoms with Gasteiger partial charge in [0.15, 0.2) is 10.2 Å². The lowest BCUT2D eigenvalue weighted by Crippen LogP contribution is -2.50. The molecule has 0 saturated carbocycles. The fraction of sp³-hybridized carbons (Fsp3) is 0.500. The lowest BCUT2D eigenvalue weighted by Gasteiger charge is -2.32. The Morgan fingerprint density at radius 2 is 2.04 bits per heavy atom. The average molecular weight is 358 g/mol. The van der Waals surface area contributed by atoms with Gasteiger partial charge in [-0.3, -0.25) is 4.90 Å². The van der Waals surface area contributed by atoms with Crippen LogP contribution >= 0.6 is 11.8 Å². The summed E-state index contributed by atoms with van der Waals surface area (Å²) in [5.41, 5.74) is 0. The van der Waals surface area contributed by atoms with E-state index in [4.69, 9.17) is 9.56 Å². The van der Waals surface area contributed by atoms with Gasteiger partial charge in [0, 0.05) is 33.2 Å². The van der Waals surface area contributed by atoms with E-state index < -0.39 is 10.2 Å². The number of hydrogen-bond donors (Lipinski definition) is 1. The summed E-state index contributed by atoms with van der Waals surface area (Å²) in [6.45, 7) is 2.70. The molecule has 2 aromatic heterocycles. The molecule has 0 aromatic carbocycles. The topological polar surface area (TPSA) is 110 Å². The highest BCUT2D eigenvalue weighted by Gasteiger charge is 2.24. The molecule has 1 fully saturated rings. The molecule has 0 atom stereocenters. The maximum Gasteiger partial charge on any atom is 0.276 e. The summed E-state index contributed by atoms with van der Waals surface area (Å²) in [7, 11) is -1.71. The molecule has 9 nitrogen and oxygen atoms in total. The Bertz CT molecular complexity index is 763. The van der Waals surface area contributed by atoms with E-state index in [1.165, 1.54) is 16.1 Å². The number of piperazine rings is 1. The highest BCUT2D eigenvalue weighted by Crippen LogP contribution is 2.27. The van der Waals surface area contributed by atoms with E-state index in [2.05, 4.69) is 15.1 Å². The van der Waals surface area contributed by atoms with Crippen molar-refractivity contribution in [2.24, 2.45) is 12.2 Å². The Labute approximate surface area is 138 Å². The molecule has 126 valence electrons. The SMILES string of the molecule is Cn1cnnc1Sc1ccc(CN2CCN(S(N)(=O)=O)CC2)o1. The molecule has 3 heterocycles. The normalized spacial score (nSPS) is 17.7. The number of rotatable bonds is 5. The van der Waals surface area contributed by atoms with Gasteiger partial charge in [-0.25, -0.2) is 5.14 Å². The second-order valence-electron chi connectivity index (χ2n) is 5.27. The van der Waals surface area contributed by atoms with Crippen molar-refractivity contribution in [3.8, 4) is 0 Å². The predicted molar refractivity (Wildman–Crippen MR) is 83.8 cm³/mol. The van der Waals surface area contributed by atoms with Gasteiger partial charge in [-0.05, 0) is 23.9 Å². The molecule has 2 N–H and O–H groups in total. The number of aromatic nitrogens is 3. The van der Waals surface area contributed by atoms with Crippen LogP contribution in [0.25, 0.3) is 0 Å². The van der Waals surface area contributed by atoms with Crippen LogP contribution in [0.4, 0.5) is 0 Å². The molecule has 0 unspecified atom stereocenters. The summed E-state index contributed by atoms with van der Waals surface area (Å²) in [5, 5.41) is 14.5. The predicted octanol–water partition coefficient (Wildman–Crippen LogP) is -0.120. The van der Waals surface area contributed by atoms with Crippen LogP contribution in [0.5, 0.6) is 0 Å². The number of hydrogen-bond acceptors (Lipinski definition) is 7. The van der Waals surface area contributed by atoms with Gasteiger partial charge in [-0.2, -0.15) is 12.7 Å². The van der Waals surface area contributed by atoms with Crippen molar-refractivity contribution in [3.05, 3.63) is 24.2 Å². The maximum atomic E-state index is 11.3. The summed E-state index contributed by atoms with van der Waals surface area (Å²) >= 11 is 1.41. The van der Waals surface area contributed by atoms with Crippen LogP contribution in [-0.2, 0) is 23.8 Å². The number of furan rings is 1. The van der Waals surface area contributed by atoms with Crippen LogP contribution in [0.2, 0.25) is 0 Å². The molecule has 0 spiro atoms. The molecular formula is C12H18N6O3S2. The summed E-state index contributed by atoms with van der Waals surface area (Å²) < 4.78 is 31.5. The Balaban J connectivity index is 1.55. The van der Waals surface area contributed by atoms with Crippen LogP contribution in [0.15, 0.2) is 33.1 Å². The lowest BCUT2D eigenvalue weighted by molar-refractivity contribution is 0.168. The molecule has 1 aliphatic rings. The van der Waals surface area contributed by atoms with Crippen molar-refractivity contribution in [2.45, 2.75) is 16.8 Å². The molecular weight excluding hydrogens is 340 g/mol. The molecule has 1 saturated heterocycles. The minimum Gasteiger partial charge on any atom is -0.453 e. The van der Waals surface area contributed by atoms with Crippen LogP contribution in [0.3, 0.4) is 0 Å². The first-order valence-corrected chi connectivity index (χ1v) is 9.34. The zero-order chi connectivity index (χ0) is 16.4. The van der Waals surface area contributed by atoms with Gasteiger partial charge >= 0.3 is 0 Å². The zero-order valence-corrected chi connectivity index (χ0v) is 14.3. The average Bonchev–Trinajstić information content (AvgIpc) is 3.09. The van der Waals surface area contributed by atoms with Gasteiger partial charge in [0.25, 0.3) is 10.2 Å². The van der Waals surface area contributed by atoms with Gasteiger partial charge in [-0.1, -0.05) is 0 Å². The minimum absolute atomic E-state index is 0.403. The third kappa shape index (κ3) is 4.12.